The average molecular weight is 339 g/mol. The average Bonchev–Trinajstić information content (AvgIpc) is 3.32. The summed E-state index contributed by atoms with van der Waals surface area (Å²) in [5, 5.41) is 5.03. The van der Waals surface area contributed by atoms with Crippen LogP contribution >= 0.6 is 0 Å². The quantitative estimate of drug-likeness (QED) is 0.755. The molecule has 0 saturated carbocycles. The maximum absolute atomic E-state index is 12.7. The van der Waals surface area contributed by atoms with Gasteiger partial charge < -0.3 is 20.1 Å². The van der Waals surface area contributed by atoms with Gasteiger partial charge in [-0.05, 0) is 30.9 Å². The second kappa shape index (κ2) is 6.68. The summed E-state index contributed by atoms with van der Waals surface area (Å²) in [5.74, 6) is 1.000. The summed E-state index contributed by atoms with van der Waals surface area (Å²) in [6.07, 6.45) is 5.51. The first-order valence-electron chi connectivity index (χ1n) is 8.58. The number of aromatic amines is 1. The summed E-state index contributed by atoms with van der Waals surface area (Å²) in [5.41, 5.74) is 8.36. The Morgan fingerprint density at radius 3 is 2.92 bits per heavy atom. The van der Waals surface area contributed by atoms with E-state index >= 15 is 0 Å². The van der Waals surface area contributed by atoms with E-state index in [-0.39, 0.29) is 11.8 Å². The molecular formula is C18H21N5O2. The Balaban J connectivity index is 1.38. The second-order valence-electron chi connectivity index (χ2n) is 6.56. The largest absolute Gasteiger partial charge is 0.361 e. The minimum Gasteiger partial charge on any atom is -0.361 e. The first-order valence-corrected chi connectivity index (χ1v) is 8.58. The van der Waals surface area contributed by atoms with Gasteiger partial charge in [-0.15, -0.1) is 0 Å². The van der Waals surface area contributed by atoms with Gasteiger partial charge in [-0.1, -0.05) is 23.4 Å². The van der Waals surface area contributed by atoms with Crippen LogP contribution in [0.3, 0.4) is 0 Å². The monoisotopic (exact) mass is 339 g/mol. The zero-order chi connectivity index (χ0) is 17.2. The maximum Gasteiger partial charge on any atom is 0.239 e. The van der Waals surface area contributed by atoms with Crippen LogP contribution in [-0.2, 0) is 11.2 Å². The third-order valence-electron chi connectivity index (χ3n) is 4.98. The van der Waals surface area contributed by atoms with E-state index in [1.165, 1.54) is 6.39 Å². The zero-order valence-corrected chi connectivity index (χ0v) is 13.9. The maximum atomic E-state index is 12.7. The van der Waals surface area contributed by atoms with Gasteiger partial charge in [0.15, 0.2) is 5.82 Å². The van der Waals surface area contributed by atoms with E-state index in [0.717, 1.165) is 35.1 Å². The fourth-order valence-electron chi connectivity index (χ4n) is 3.58. The molecule has 1 fully saturated rings. The van der Waals surface area contributed by atoms with Gasteiger partial charge in [0.1, 0.15) is 0 Å². The predicted molar refractivity (Wildman–Crippen MR) is 92.8 cm³/mol. The highest BCUT2D eigenvalue weighted by Gasteiger charge is 2.29. The summed E-state index contributed by atoms with van der Waals surface area (Å²) >= 11 is 0. The highest BCUT2D eigenvalue weighted by Crippen LogP contribution is 2.26. The molecule has 1 aliphatic heterocycles. The van der Waals surface area contributed by atoms with E-state index in [1.54, 1.807) is 0 Å². The van der Waals surface area contributed by atoms with Crippen molar-refractivity contribution >= 4 is 16.8 Å². The lowest BCUT2D eigenvalue weighted by Gasteiger charge is -2.32. The molecule has 0 bridgehead atoms. The topological polar surface area (TPSA) is 101 Å². The number of amides is 1. The zero-order valence-electron chi connectivity index (χ0n) is 13.9. The fourth-order valence-corrected chi connectivity index (χ4v) is 3.58. The Kier molecular flexibility index (Phi) is 4.23. The van der Waals surface area contributed by atoms with E-state index < -0.39 is 6.04 Å². The van der Waals surface area contributed by atoms with Gasteiger partial charge in [-0.3, -0.25) is 4.79 Å². The summed E-state index contributed by atoms with van der Waals surface area (Å²) in [7, 11) is 0. The van der Waals surface area contributed by atoms with E-state index in [2.05, 4.69) is 21.2 Å². The summed E-state index contributed by atoms with van der Waals surface area (Å²) in [6.45, 7) is 1.36. The first-order chi connectivity index (χ1) is 12.2. The number of piperidine rings is 1. The van der Waals surface area contributed by atoms with Crippen LogP contribution in [0.1, 0.15) is 30.1 Å². The Labute approximate surface area is 145 Å². The standard InChI is InChI=1S/C18H21N5O2/c19-15(9-13-10-20-16-4-2-1-3-14(13)16)18(24)23-7-5-12(6-8-23)17-21-11-25-22-17/h1-4,10-12,15,20H,5-9,19H2/t15-/m1/s1. The number of H-pyrrole nitrogens is 1. The number of rotatable bonds is 4. The van der Waals surface area contributed by atoms with E-state index in [4.69, 9.17) is 10.3 Å². The SMILES string of the molecule is N[C@H](Cc1c[nH]c2ccccc12)C(=O)N1CCC(c2ncon2)CC1. The van der Waals surface area contributed by atoms with Gasteiger partial charge in [-0.25, -0.2) is 0 Å². The number of nitrogens with one attached hydrogen (secondary N) is 1. The number of hydrogen-bond acceptors (Lipinski definition) is 5. The Bertz CT molecular complexity index is 849. The molecule has 4 rings (SSSR count). The number of likely N-dealkylation sites (tertiary alicyclic amines) is 1. The number of aromatic nitrogens is 3. The minimum absolute atomic E-state index is 0.0110. The van der Waals surface area contributed by atoms with Gasteiger partial charge >= 0.3 is 0 Å². The van der Waals surface area contributed by atoms with Crippen molar-refractivity contribution in [2.24, 2.45) is 5.73 Å². The molecule has 0 aliphatic carbocycles. The van der Waals surface area contributed by atoms with Crippen LogP contribution in [-0.4, -0.2) is 45.1 Å². The second-order valence-corrected chi connectivity index (χ2v) is 6.56. The summed E-state index contributed by atoms with van der Waals surface area (Å²) in [6, 6.07) is 7.53. The molecular weight excluding hydrogens is 318 g/mol. The van der Waals surface area contributed by atoms with Crippen LogP contribution in [0.5, 0.6) is 0 Å². The van der Waals surface area contributed by atoms with Crippen molar-refractivity contribution < 1.29 is 9.32 Å². The molecule has 3 N–H and O–H groups in total. The summed E-state index contributed by atoms with van der Waals surface area (Å²) < 4.78 is 4.81. The molecule has 130 valence electrons. The Morgan fingerprint density at radius 2 is 2.16 bits per heavy atom. The van der Waals surface area contributed by atoms with E-state index in [9.17, 15) is 4.79 Å². The van der Waals surface area contributed by atoms with Gasteiger partial charge in [-0.2, -0.15) is 4.98 Å². The number of hydrogen-bond donors (Lipinski definition) is 2. The highest BCUT2D eigenvalue weighted by molar-refractivity contribution is 5.86. The number of carbonyl (C=O) groups excluding carboxylic acids is 1. The third kappa shape index (κ3) is 3.15. The lowest BCUT2D eigenvalue weighted by molar-refractivity contribution is -0.133. The molecule has 0 radical (unpaired) electrons. The minimum atomic E-state index is -0.527. The van der Waals surface area contributed by atoms with Crippen molar-refractivity contribution in [3.63, 3.8) is 0 Å². The smallest absolute Gasteiger partial charge is 0.239 e. The van der Waals surface area contributed by atoms with Gasteiger partial charge in [0.05, 0.1) is 6.04 Å². The van der Waals surface area contributed by atoms with Crippen molar-refractivity contribution in [2.45, 2.75) is 31.2 Å². The Morgan fingerprint density at radius 1 is 1.36 bits per heavy atom. The lowest BCUT2D eigenvalue weighted by atomic mass is 9.95. The highest BCUT2D eigenvalue weighted by atomic mass is 16.5. The lowest BCUT2D eigenvalue weighted by Crippen LogP contribution is -2.47. The van der Waals surface area contributed by atoms with Crippen LogP contribution in [0.15, 0.2) is 41.4 Å². The van der Waals surface area contributed by atoms with Gasteiger partial charge in [0, 0.05) is 36.1 Å². The number of carbonyl (C=O) groups is 1. The molecule has 1 amide bonds. The van der Waals surface area contributed by atoms with Crippen molar-refractivity contribution in [3.8, 4) is 0 Å². The molecule has 1 aliphatic rings. The van der Waals surface area contributed by atoms with E-state index in [1.807, 2.05) is 29.3 Å². The molecule has 3 aromatic rings. The molecule has 0 unspecified atom stereocenters. The van der Waals surface area contributed by atoms with Crippen molar-refractivity contribution in [1.82, 2.24) is 20.0 Å². The van der Waals surface area contributed by atoms with Crippen LogP contribution < -0.4 is 5.73 Å². The third-order valence-corrected chi connectivity index (χ3v) is 4.98. The molecule has 2 aromatic heterocycles. The van der Waals surface area contributed by atoms with Gasteiger partial charge in [0.25, 0.3) is 0 Å². The fraction of sp³-hybridized carbons (Fsp3) is 0.389. The molecule has 0 spiro atoms. The molecule has 1 saturated heterocycles. The van der Waals surface area contributed by atoms with Crippen molar-refractivity contribution in [2.75, 3.05) is 13.1 Å². The molecule has 25 heavy (non-hydrogen) atoms. The molecule has 7 nitrogen and oxygen atoms in total. The number of nitrogens with two attached hydrogens (primary N) is 1. The number of fused-ring (bicyclic) bond motifs is 1. The number of benzene rings is 1. The van der Waals surface area contributed by atoms with Crippen LogP contribution in [0.4, 0.5) is 0 Å². The van der Waals surface area contributed by atoms with Gasteiger partial charge in [0.2, 0.25) is 12.3 Å². The summed E-state index contributed by atoms with van der Waals surface area (Å²) in [4.78, 5) is 21.9. The number of nitrogens with zero attached hydrogens (tertiary/aromatic N) is 3. The molecule has 1 aromatic carbocycles. The van der Waals surface area contributed by atoms with Crippen LogP contribution in [0.2, 0.25) is 0 Å². The van der Waals surface area contributed by atoms with E-state index in [0.29, 0.717) is 19.5 Å². The van der Waals surface area contributed by atoms with Crippen LogP contribution in [0.25, 0.3) is 10.9 Å². The van der Waals surface area contributed by atoms with Crippen molar-refractivity contribution in [1.29, 1.82) is 0 Å². The molecule has 3 heterocycles. The normalized spacial score (nSPS) is 17.1. The van der Waals surface area contributed by atoms with Crippen LogP contribution in [0, 0.1) is 0 Å². The number of para-hydroxylation sites is 1. The van der Waals surface area contributed by atoms with Crippen molar-refractivity contribution in [3.05, 3.63) is 48.2 Å². The molecule has 7 heteroatoms. The first kappa shape index (κ1) is 15.8. The Hall–Kier alpha value is -2.67. The molecule has 1 atom stereocenters. The predicted octanol–water partition coefficient (Wildman–Crippen LogP) is 1.83.